The van der Waals surface area contributed by atoms with E-state index < -0.39 is 11.6 Å². The predicted molar refractivity (Wildman–Crippen MR) is 71.5 cm³/mol. The van der Waals surface area contributed by atoms with Crippen LogP contribution in [0.1, 0.15) is 5.56 Å². The molecular weight excluding hydrogens is 281 g/mol. The summed E-state index contributed by atoms with van der Waals surface area (Å²) in [6, 6.07) is 8.72. The minimum absolute atomic E-state index is 0.138. The van der Waals surface area contributed by atoms with Gasteiger partial charge in [-0.05, 0) is 30.3 Å². The zero-order valence-corrected chi connectivity index (χ0v) is 10.6. The van der Waals surface area contributed by atoms with Crippen LogP contribution in [0.2, 0.25) is 0 Å². The summed E-state index contributed by atoms with van der Waals surface area (Å²) in [6.45, 7) is 0. The highest BCUT2D eigenvalue weighted by Crippen LogP contribution is 2.17. The van der Waals surface area contributed by atoms with Gasteiger partial charge in [-0.15, -0.1) is 0 Å². The van der Waals surface area contributed by atoms with E-state index in [-0.39, 0.29) is 11.4 Å². The smallest absolute Gasteiger partial charge is 0.153 e. The minimum atomic E-state index is -0.817. The van der Waals surface area contributed by atoms with Crippen LogP contribution in [0.25, 0.3) is 10.9 Å². The SMILES string of the molecule is N#Cc1ccc(F)cc1F.Nc1n[nH]c2cc(F)ccc12. The number of nitrogens with one attached hydrogen (secondary N) is 1. The van der Waals surface area contributed by atoms with Gasteiger partial charge in [0.15, 0.2) is 5.82 Å². The molecule has 0 unspecified atom stereocenters. The van der Waals surface area contributed by atoms with Crippen molar-refractivity contribution in [2.24, 2.45) is 0 Å². The Morgan fingerprint density at radius 1 is 1.05 bits per heavy atom. The third-order valence-electron chi connectivity index (χ3n) is 2.61. The quantitative estimate of drug-likeness (QED) is 0.667. The third-order valence-corrected chi connectivity index (χ3v) is 2.61. The van der Waals surface area contributed by atoms with E-state index in [9.17, 15) is 13.2 Å². The molecular formula is C14H9F3N4. The van der Waals surface area contributed by atoms with Crippen LogP contribution < -0.4 is 5.73 Å². The van der Waals surface area contributed by atoms with Gasteiger partial charge in [0.2, 0.25) is 0 Å². The van der Waals surface area contributed by atoms with Crippen LogP contribution in [-0.2, 0) is 0 Å². The Morgan fingerprint density at radius 3 is 2.38 bits per heavy atom. The Hall–Kier alpha value is -3.01. The van der Waals surface area contributed by atoms with Gasteiger partial charge in [0.1, 0.15) is 23.5 Å². The van der Waals surface area contributed by atoms with Crippen molar-refractivity contribution >= 4 is 16.7 Å². The van der Waals surface area contributed by atoms with Gasteiger partial charge in [0.05, 0.1) is 11.1 Å². The van der Waals surface area contributed by atoms with E-state index in [0.717, 1.165) is 17.5 Å². The lowest BCUT2D eigenvalue weighted by atomic mass is 10.2. The molecule has 0 bridgehead atoms. The lowest BCUT2D eigenvalue weighted by Gasteiger charge is -1.90. The number of benzene rings is 2. The van der Waals surface area contributed by atoms with Crippen LogP contribution in [0.15, 0.2) is 36.4 Å². The molecule has 106 valence electrons. The third kappa shape index (κ3) is 3.30. The number of aromatic nitrogens is 2. The summed E-state index contributed by atoms with van der Waals surface area (Å²) in [5.74, 6) is -1.37. The Morgan fingerprint density at radius 2 is 1.71 bits per heavy atom. The van der Waals surface area contributed by atoms with Gasteiger partial charge < -0.3 is 5.73 Å². The molecule has 0 fully saturated rings. The van der Waals surface area contributed by atoms with Crippen molar-refractivity contribution in [3.8, 4) is 6.07 Å². The Bertz CT molecular complexity index is 821. The fourth-order valence-corrected chi connectivity index (χ4v) is 1.59. The van der Waals surface area contributed by atoms with Gasteiger partial charge in [0.25, 0.3) is 0 Å². The van der Waals surface area contributed by atoms with E-state index >= 15 is 0 Å². The minimum Gasteiger partial charge on any atom is -0.382 e. The number of H-pyrrole nitrogens is 1. The molecule has 0 aliphatic carbocycles. The number of hydrogen-bond acceptors (Lipinski definition) is 3. The molecule has 1 aromatic heterocycles. The zero-order valence-electron chi connectivity index (χ0n) is 10.6. The van der Waals surface area contributed by atoms with Crippen LogP contribution in [0, 0.1) is 28.8 Å². The first-order chi connectivity index (χ1) is 10.0. The molecule has 21 heavy (non-hydrogen) atoms. The molecule has 1 heterocycles. The highest BCUT2D eigenvalue weighted by atomic mass is 19.1. The first kappa shape index (κ1) is 14.4. The van der Waals surface area contributed by atoms with Gasteiger partial charge in [-0.1, -0.05) is 0 Å². The number of nitrogens with zero attached hydrogens (tertiary/aromatic N) is 2. The van der Waals surface area contributed by atoms with Crippen molar-refractivity contribution in [1.82, 2.24) is 10.2 Å². The second-order valence-electron chi connectivity index (χ2n) is 4.03. The highest BCUT2D eigenvalue weighted by molar-refractivity contribution is 5.88. The average molecular weight is 290 g/mol. The number of nitrogens with two attached hydrogens (primary N) is 1. The van der Waals surface area contributed by atoms with Crippen molar-refractivity contribution < 1.29 is 13.2 Å². The van der Waals surface area contributed by atoms with E-state index in [1.165, 1.54) is 12.1 Å². The van der Waals surface area contributed by atoms with Gasteiger partial charge in [-0.25, -0.2) is 13.2 Å². The molecule has 7 heteroatoms. The molecule has 3 N–H and O–H groups in total. The van der Waals surface area contributed by atoms with E-state index in [0.29, 0.717) is 17.4 Å². The van der Waals surface area contributed by atoms with E-state index in [4.69, 9.17) is 11.0 Å². The average Bonchev–Trinajstić information content (AvgIpc) is 2.80. The molecule has 0 spiro atoms. The molecule has 0 saturated carbocycles. The second kappa shape index (κ2) is 5.96. The van der Waals surface area contributed by atoms with E-state index in [1.54, 1.807) is 12.1 Å². The molecule has 3 rings (SSSR count). The number of hydrogen-bond donors (Lipinski definition) is 2. The van der Waals surface area contributed by atoms with Crippen molar-refractivity contribution in [2.75, 3.05) is 5.73 Å². The summed E-state index contributed by atoms with van der Waals surface area (Å²) in [7, 11) is 0. The van der Waals surface area contributed by atoms with Crippen LogP contribution in [0.4, 0.5) is 19.0 Å². The number of fused-ring (bicyclic) bond motifs is 1. The standard InChI is InChI=1S/C7H3F2N.C7H6FN3/c8-6-2-1-5(4-10)7(9)3-6;8-4-1-2-5-6(3-4)10-11-7(5)9/h1-3H;1-3H,(H3,9,10,11). The highest BCUT2D eigenvalue weighted by Gasteiger charge is 2.01. The van der Waals surface area contributed by atoms with Crippen LogP contribution in [-0.4, -0.2) is 10.2 Å². The van der Waals surface area contributed by atoms with Crippen molar-refractivity contribution in [1.29, 1.82) is 5.26 Å². The molecule has 0 atom stereocenters. The number of anilines is 1. The topological polar surface area (TPSA) is 78.5 Å². The Kier molecular flexibility index (Phi) is 4.09. The number of nitrogen functional groups attached to an aromatic ring is 1. The van der Waals surface area contributed by atoms with Gasteiger partial charge in [-0.3, -0.25) is 5.10 Å². The van der Waals surface area contributed by atoms with Crippen molar-refractivity contribution in [3.05, 3.63) is 59.4 Å². The van der Waals surface area contributed by atoms with Crippen LogP contribution in [0.3, 0.4) is 0 Å². The molecule has 4 nitrogen and oxygen atoms in total. The number of halogens is 3. The summed E-state index contributed by atoms with van der Waals surface area (Å²) < 4.78 is 37.1. The van der Waals surface area contributed by atoms with Crippen molar-refractivity contribution in [3.63, 3.8) is 0 Å². The molecule has 0 saturated heterocycles. The lowest BCUT2D eigenvalue weighted by molar-refractivity contribution is 0.581. The van der Waals surface area contributed by atoms with E-state index in [1.807, 2.05) is 0 Å². The first-order valence-corrected chi connectivity index (χ1v) is 5.75. The normalized spacial score (nSPS) is 9.81. The summed E-state index contributed by atoms with van der Waals surface area (Å²) >= 11 is 0. The fourth-order valence-electron chi connectivity index (χ4n) is 1.59. The van der Waals surface area contributed by atoms with Crippen LogP contribution in [0.5, 0.6) is 0 Å². The molecule has 0 aliphatic heterocycles. The lowest BCUT2D eigenvalue weighted by Crippen LogP contribution is -1.83. The maximum Gasteiger partial charge on any atom is 0.153 e. The molecule has 3 aromatic rings. The maximum atomic E-state index is 12.6. The molecule has 0 aliphatic rings. The molecule has 0 radical (unpaired) electrons. The van der Waals surface area contributed by atoms with Gasteiger partial charge in [0, 0.05) is 11.5 Å². The summed E-state index contributed by atoms with van der Waals surface area (Å²) in [5, 5.41) is 15.3. The molecule has 2 aromatic carbocycles. The maximum absolute atomic E-state index is 12.6. The number of nitriles is 1. The summed E-state index contributed by atoms with van der Waals surface area (Å²) in [5.41, 5.74) is 5.95. The van der Waals surface area contributed by atoms with Gasteiger partial charge in [-0.2, -0.15) is 10.4 Å². The number of rotatable bonds is 0. The monoisotopic (exact) mass is 290 g/mol. The predicted octanol–water partition coefficient (Wildman–Crippen LogP) is 3.12. The Labute approximate surface area is 117 Å². The van der Waals surface area contributed by atoms with Crippen molar-refractivity contribution in [2.45, 2.75) is 0 Å². The van der Waals surface area contributed by atoms with E-state index in [2.05, 4.69) is 10.2 Å². The number of aromatic amines is 1. The summed E-state index contributed by atoms with van der Waals surface area (Å²) in [4.78, 5) is 0. The molecule has 0 amide bonds. The first-order valence-electron chi connectivity index (χ1n) is 5.75. The largest absolute Gasteiger partial charge is 0.382 e. The zero-order chi connectivity index (χ0) is 15.4. The second-order valence-corrected chi connectivity index (χ2v) is 4.03. The van der Waals surface area contributed by atoms with Crippen LogP contribution >= 0.6 is 0 Å². The van der Waals surface area contributed by atoms with Gasteiger partial charge >= 0.3 is 0 Å². The Balaban J connectivity index is 0.000000155. The fraction of sp³-hybridized carbons (Fsp3) is 0. The summed E-state index contributed by atoms with van der Waals surface area (Å²) in [6.07, 6.45) is 0.